The molecule has 12 heavy (non-hydrogen) atoms. The van der Waals surface area contributed by atoms with E-state index in [0.29, 0.717) is 12.5 Å². The van der Waals surface area contributed by atoms with Crippen LogP contribution in [-0.2, 0) is 0 Å². The Balaban J connectivity index is 3.20. The third kappa shape index (κ3) is 6.58. The molecule has 74 valence electrons. The van der Waals surface area contributed by atoms with E-state index >= 15 is 0 Å². The molecule has 0 rings (SSSR count). The predicted molar refractivity (Wildman–Crippen MR) is 52.3 cm³/mol. The maximum atomic E-state index is 9.42. The van der Waals surface area contributed by atoms with Crippen molar-refractivity contribution in [3.05, 3.63) is 0 Å². The maximum Gasteiger partial charge on any atom is 0.0687 e. The Bertz CT molecular complexity index is 105. The van der Waals surface area contributed by atoms with Gasteiger partial charge in [-0.1, -0.05) is 13.8 Å². The van der Waals surface area contributed by atoms with Gasteiger partial charge in [-0.25, -0.2) is 0 Å². The number of likely N-dealkylation sites (N-methyl/N-ethyl adjacent to an activating group) is 1. The zero-order valence-electron chi connectivity index (χ0n) is 8.67. The highest BCUT2D eigenvalue weighted by molar-refractivity contribution is 4.63. The molecule has 1 atom stereocenters. The van der Waals surface area contributed by atoms with Crippen molar-refractivity contribution >= 4 is 0 Å². The van der Waals surface area contributed by atoms with Crippen molar-refractivity contribution in [2.75, 3.05) is 33.7 Å². The molecule has 2 N–H and O–H groups in total. The molecule has 3 nitrogen and oxygen atoms in total. The molecular formula is C9H22N2O. The lowest BCUT2D eigenvalue weighted by Gasteiger charge is -2.16. The van der Waals surface area contributed by atoms with Crippen LogP contribution >= 0.6 is 0 Å². The van der Waals surface area contributed by atoms with Crippen molar-refractivity contribution < 1.29 is 5.11 Å². The van der Waals surface area contributed by atoms with Crippen molar-refractivity contribution in [3.8, 4) is 0 Å². The Morgan fingerprint density at radius 3 is 2.33 bits per heavy atom. The van der Waals surface area contributed by atoms with Crippen molar-refractivity contribution in [1.29, 1.82) is 0 Å². The van der Waals surface area contributed by atoms with E-state index in [1.807, 2.05) is 27.9 Å². The quantitative estimate of drug-likeness (QED) is 0.563. The van der Waals surface area contributed by atoms with Gasteiger partial charge in [0.05, 0.1) is 6.10 Å². The molecule has 0 aromatic rings. The monoisotopic (exact) mass is 174 g/mol. The number of aliphatic hydroxyl groups excluding tert-OH is 1. The molecule has 0 aliphatic rings. The third-order valence-electron chi connectivity index (χ3n) is 1.86. The first-order valence-electron chi connectivity index (χ1n) is 4.57. The van der Waals surface area contributed by atoms with Crippen LogP contribution in [0, 0.1) is 5.92 Å². The van der Waals surface area contributed by atoms with E-state index in [9.17, 15) is 5.11 Å². The lowest BCUT2D eigenvalue weighted by Crippen LogP contribution is -2.34. The fourth-order valence-electron chi connectivity index (χ4n) is 0.788. The van der Waals surface area contributed by atoms with Crippen molar-refractivity contribution in [3.63, 3.8) is 0 Å². The molecule has 0 aromatic carbocycles. The van der Waals surface area contributed by atoms with E-state index in [0.717, 1.165) is 13.1 Å². The Morgan fingerprint density at radius 2 is 1.92 bits per heavy atom. The number of hydrogen-bond donors (Lipinski definition) is 2. The van der Waals surface area contributed by atoms with Gasteiger partial charge in [-0.15, -0.1) is 0 Å². The van der Waals surface area contributed by atoms with Gasteiger partial charge in [0.25, 0.3) is 0 Å². The van der Waals surface area contributed by atoms with Crippen molar-refractivity contribution in [1.82, 2.24) is 10.2 Å². The highest BCUT2D eigenvalue weighted by atomic mass is 16.3. The van der Waals surface area contributed by atoms with E-state index in [1.54, 1.807) is 0 Å². The summed E-state index contributed by atoms with van der Waals surface area (Å²) in [5, 5.41) is 12.6. The van der Waals surface area contributed by atoms with Crippen LogP contribution < -0.4 is 5.32 Å². The van der Waals surface area contributed by atoms with Gasteiger partial charge in [-0.2, -0.15) is 0 Å². The normalized spacial score (nSPS) is 14.2. The zero-order valence-corrected chi connectivity index (χ0v) is 8.67. The standard InChI is InChI=1S/C9H22N2O/c1-8(2)9(12)7-10-5-6-11(3)4/h8-10,12H,5-7H2,1-4H3. The number of nitrogens with one attached hydrogen (secondary N) is 1. The lowest BCUT2D eigenvalue weighted by atomic mass is 10.1. The molecule has 0 heterocycles. The van der Waals surface area contributed by atoms with E-state index in [1.165, 1.54) is 0 Å². The minimum Gasteiger partial charge on any atom is -0.392 e. The van der Waals surface area contributed by atoms with Crippen molar-refractivity contribution in [2.24, 2.45) is 5.92 Å². The molecule has 0 radical (unpaired) electrons. The fourth-order valence-corrected chi connectivity index (χ4v) is 0.788. The van der Waals surface area contributed by atoms with Gasteiger partial charge in [0.1, 0.15) is 0 Å². The number of rotatable bonds is 6. The minimum absolute atomic E-state index is 0.216. The summed E-state index contributed by atoms with van der Waals surface area (Å²) in [5.74, 6) is 0.344. The van der Waals surface area contributed by atoms with Crippen LogP contribution in [0.4, 0.5) is 0 Å². The van der Waals surface area contributed by atoms with Crippen LogP contribution in [0.1, 0.15) is 13.8 Å². The average Bonchev–Trinajstić information content (AvgIpc) is 1.97. The summed E-state index contributed by atoms with van der Waals surface area (Å²) in [6.45, 7) is 6.71. The van der Waals surface area contributed by atoms with E-state index in [-0.39, 0.29) is 6.10 Å². The summed E-state index contributed by atoms with van der Waals surface area (Å²) in [4.78, 5) is 2.12. The second-order valence-electron chi connectivity index (χ2n) is 3.82. The Hall–Kier alpha value is -0.120. The van der Waals surface area contributed by atoms with E-state index in [4.69, 9.17) is 0 Å². The van der Waals surface area contributed by atoms with Crippen LogP contribution in [0.2, 0.25) is 0 Å². The molecular weight excluding hydrogens is 152 g/mol. The van der Waals surface area contributed by atoms with Gasteiger partial charge in [0, 0.05) is 19.6 Å². The summed E-state index contributed by atoms with van der Waals surface area (Å²) in [7, 11) is 4.08. The fraction of sp³-hybridized carbons (Fsp3) is 1.00. The molecule has 0 aliphatic carbocycles. The third-order valence-corrected chi connectivity index (χ3v) is 1.86. The highest BCUT2D eigenvalue weighted by Gasteiger charge is 2.07. The SMILES string of the molecule is CC(C)C(O)CNCCN(C)C. The predicted octanol–water partition coefficient (Wildman–Crippen LogP) is 0.155. The first-order chi connectivity index (χ1) is 5.54. The van der Waals surface area contributed by atoms with Crippen LogP contribution in [0.5, 0.6) is 0 Å². The van der Waals surface area contributed by atoms with Gasteiger partial charge in [-0.05, 0) is 20.0 Å². The number of nitrogens with zero attached hydrogens (tertiary/aromatic N) is 1. The van der Waals surface area contributed by atoms with Crippen molar-refractivity contribution in [2.45, 2.75) is 20.0 Å². The topological polar surface area (TPSA) is 35.5 Å². The van der Waals surface area contributed by atoms with E-state index < -0.39 is 0 Å². The first-order valence-corrected chi connectivity index (χ1v) is 4.57. The molecule has 0 fully saturated rings. The maximum absolute atomic E-state index is 9.42. The Kier molecular flexibility index (Phi) is 6.34. The molecule has 0 aliphatic heterocycles. The molecule has 0 spiro atoms. The number of aliphatic hydroxyl groups is 1. The van der Waals surface area contributed by atoms with Gasteiger partial charge in [-0.3, -0.25) is 0 Å². The van der Waals surface area contributed by atoms with Gasteiger partial charge in [0.15, 0.2) is 0 Å². The van der Waals surface area contributed by atoms with Crippen LogP contribution in [0.15, 0.2) is 0 Å². The first kappa shape index (κ1) is 11.9. The molecule has 0 amide bonds. The smallest absolute Gasteiger partial charge is 0.0687 e. The van der Waals surface area contributed by atoms with Gasteiger partial charge in [0.2, 0.25) is 0 Å². The second-order valence-corrected chi connectivity index (χ2v) is 3.82. The summed E-state index contributed by atoms with van der Waals surface area (Å²) in [5.41, 5.74) is 0. The zero-order chi connectivity index (χ0) is 9.56. The highest BCUT2D eigenvalue weighted by Crippen LogP contribution is 1.98. The molecule has 0 saturated carbocycles. The van der Waals surface area contributed by atoms with Crippen LogP contribution in [0.25, 0.3) is 0 Å². The van der Waals surface area contributed by atoms with Crippen LogP contribution in [-0.4, -0.2) is 49.8 Å². The Labute approximate surface area is 75.8 Å². The summed E-state index contributed by atoms with van der Waals surface area (Å²) < 4.78 is 0. The molecule has 0 aromatic heterocycles. The average molecular weight is 174 g/mol. The van der Waals surface area contributed by atoms with Gasteiger partial charge >= 0.3 is 0 Å². The molecule has 0 saturated heterocycles. The number of hydrogen-bond acceptors (Lipinski definition) is 3. The summed E-state index contributed by atoms with van der Waals surface area (Å²) >= 11 is 0. The lowest BCUT2D eigenvalue weighted by molar-refractivity contribution is 0.123. The minimum atomic E-state index is -0.216. The molecule has 1 unspecified atom stereocenters. The van der Waals surface area contributed by atoms with E-state index in [2.05, 4.69) is 10.2 Å². The molecule has 3 heteroatoms. The Morgan fingerprint density at radius 1 is 1.33 bits per heavy atom. The van der Waals surface area contributed by atoms with Gasteiger partial charge < -0.3 is 15.3 Å². The van der Waals surface area contributed by atoms with Crippen LogP contribution in [0.3, 0.4) is 0 Å². The molecule has 0 bridgehead atoms. The second kappa shape index (κ2) is 6.40. The largest absolute Gasteiger partial charge is 0.392 e. The summed E-state index contributed by atoms with van der Waals surface area (Å²) in [6.07, 6.45) is -0.216. The summed E-state index contributed by atoms with van der Waals surface area (Å²) in [6, 6.07) is 0.